The lowest BCUT2D eigenvalue weighted by Crippen LogP contribution is -2.11. The molecular weight excluding hydrogens is 282 g/mol. The van der Waals surface area contributed by atoms with E-state index in [1.54, 1.807) is 24.3 Å². The van der Waals surface area contributed by atoms with E-state index in [0.717, 1.165) is 17.0 Å². The van der Waals surface area contributed by atoms with Crippen LogP contribution in [0.5, 0.6) is 5.75 Å². The molecule has 0 aliphatic carbocycles. The van der Waals surface area contributed by atoms with E-state index in [-0.39, 0.29) is 12.4 Å². The lowest BCUT2D eigenvalue weighted by Gasteiger charge is -2.05. The highest BCUT2D eigenvalue weighted by Crippen LogP contribution is 2.20. The monoisotopic (exact) mass is 297 g/mol. The zero-order chi connectivity index (χ0) is 15.5. The van der Waals surface area contributed by atoms with Gasteiger partial charge in [0.1, 0.15) is 5.75 Å². The molecule has 2 heterocycles. The number of carbonyl (C=O) groups is 1. The Hall–Kier alpha value is -2.89. The predicted molar refractivity (Wildman–Crippen MR) is 79.8 cm³/mol. The first-order valence-electron chi connectivity index (χ1n) is 6.82. The van der Waals surface area contributed by atoms with Gasteiger partial charge in [0.2, 0.25) is 18.1 Å². The van der Waals surface area contributed by atoms with Crippen molar-refractivity contribution in [1.82, 2.24) is 15.2 Å². The van der Waals surface area contributed by atoms with Crippen LogP contribution in [0.1, 0.15) is 21.7 Å². The number of benzene rings is 1. The molecule has 3 aromatic rings. The zero-order valence-electron chi connectivity index (χ0n) is 12.3. The number of ketones is 1. The van der Waals surface area contributed by atoms with Crippen LogP contribution in [-0.2, 0) is 0 Å². The van der Waals surface area contributed by atoms with Crippen molar-refractivity contribution in [2.75, 3.05) is 6.61 Å². The fourth-order valence-corrected chi connectivity index (χ4v) is 2.23. The van der Waals surface area contributed by atoms with Gasteiger partial charge in [-0.2, -0.15) is 0 Å². The number of nitrogens with zero attached hydrogens (tertiary/aromatic N) is 2. The van der Waals surface area contributed by atoms with Crippen LogP contribution in [0.15, 0.2) is 41.1 Å². The van der Waals surface area contributed by atoms with E-state index < -0.39 is 0 Å². The first-order valence-corrected chi connectivity index (χ1v) is 6.82. The van der Waals surface area contributed by atoms with Gasteiger partial charge in [0.05, 0.1) is 0 Å². The molecule has 112 valence electrons. The number of hydrogen-bond acceptors (Lipinski definition) is 5. The summed E-state index contributed by atoms with van der Waals surface area (Å²) in [6.07, 6.45) is 1.28. The van der Waals surface area contributed by atoms with Gasteiger partial charge in [-0.1, -0.05) is 0 Å². The summed E-state index contributed by atoms with van der Waals surface area (Å²) in [5.74, 6) is 1.01. The quantitative estimate of drug-likeness (QED) is 0.732. The van der Waals surface area contributed by atoms with Gasteiger partial charge >= 0.3 is 0 Å². The van der Waals surface area contributed by atoms with Crippen LogP contribution in [0.2, 0.25) is 0 Å². The molecule has 0 atom stereocenters. The van der Waals surface area contributed by atoms with E-state index in [9.17, 15) is 4.79 Å². The molecule has 0 aliphatic rings. The molecule has 22 heavy (non-hydrogen) atoms. The molecule has 0 spiro atoms. The van der Waals surface area contributed by atoms with Crippen molar-refractivity contribution in [1.29, 1.82) is 0 Å². The summed E-state index contributed by atoms with van der Waals surface area (Å²) >= 11 is 0. The number of nitrogens with one attached hydrogen (secondary N) is 1. The maximum Gasteiger partial charge on any atom is 0.247 e. The van der Waals surface area contributed by atoms with Crippen molar-refractivity contribution in [3.8, 4) is 17.2 Å². The molecular formula is C16H15N3O3. The van der Waals surface area contributed by atoms with E-state index in [0.29, 0.717) is 17.2 Å². The number of rotatable bonds is 5. The van der Waals surface area contributed by atoms with E-state index in [1.807, 2.05) is 19.9 Å². The van der Waals surface area contributed by atoms with Gasteiger partial charge in [-0.25, -0.2) is 0 Å². The number of aromatic amines is 1. The minimum absolute atomic E-state index is 0.00195. The summed E-state index contributed by atoms with van der Waals surface area (Å²) in [5.41, 5.74) is 3.29. The van der Waals surface area contributed by atoms with Crippen molar-refractivity contribution >= 4 is 5.78 Å². The molecule has 3 rings (SSSR count). The van der Waals surface area contributed by atoms with E-state index in [1.165, 1.54) is 6.39 Å². The molecule has 0 radical (unpaired) electrons. The summed E-state index contributed by atoms with van der Waals surface area (Å²) in [7, 11) is 0. The Balaban J connectivity index is 1.64. The second-order valence-corrected chi connectivity index (χ2v) is 4.97. The fourth-order valence-electron chi connectivity index (χ4n) is 2.23. The average Bonchev–Trinajstić information content (AvgIpc) is 3.15. The topological polar surface area (TPSA) is 81.0 Å². The normalized spacial score (nSPS) is 10.6. The minimum atomic E-state index is -0.0529. The number of aryl methyl sites for hydroxylation is 2. The average molecular weight is 297 g/mol. The third kappa shape index (κ3) is 2.90. The number of Topliss-reactive ketones (excluding diaryl/α,β-unsaturated/α-hetero) is 1. The standard InChI is InChI=1S/C16H15N3O3/c1-10-7-14(11(2)18-10)15(20)8-21-13-5-3-12(4-6-13)16-19-17-9-22-16/h3-7,9,18H,8H2,1-2H3. The van der Waals surface area contributed by atoms with Gasteiger partial charge in [0.15, 0.2) is 6.61 Å². The molecule has 0 saturated carbocycles. The fraction of sp³-hybridized carbons (Fsp3) is 0.188. The molecule has 6 nitrogen and oxygen atoms in total. The van der Waals surface area contributed by atoms with E-state index >= 15 is 0 Å². The Morgan fingerprint density at radius 1 is 1.27 bits per heavy atom. The number of ether oxygens (including phenoxy) is 1. The third-order valence-corrected chi connectivity index (χ3v) is 3.28. The Labute approximate surface area is 127 Å². The van der Waals surface area contributed by atoms with Crippen LogP contribution in [-0.4, -0.2) is 27.6 Å². The smallest absolute Gasteiger partial charge is 0.247 e. The largest absolute Gasteiger partial charge is 0.485 e. The molecule has 0 amide bonds. The number of aromatic nitrogens is 3. The first-order chi connectivity index (χ1) is 10.6. The maximum absolute atomic E-state index is 12.1. The van der Waals surface area contributed by atoms with Crippen molar-refractivity contribution in [3.05, 3.63) is 53.7 Å². The summed E-state index contributed by atoms with van der Waals surface area (Å²) in [6, 6.07) is 8.97. The maximum atomic E-state index is 12.1. The summed E-state index contributed by atoms with van der Waals surface area (Å²) in [4.78, 5) is 15.2. The van der Waals surface area contributed by atoms with Crippen LogP contribution in [0.25, 0.3) is 11.5 Å². The van der Waals surface area contributed by atoms with Crippen LogP contribution in [0.3, 0.4) is 0 Å². The van der Waals surface area contributed by atoms with Crippen LogP contribution < -0.4 is 4.74 Å². The molecule has 0 aliphatic heterocycles. The Morgan fingerprint density at radius 3 is 2.64 bits per heavy atom. The highest BCUT2D eigenvalue weighted by atomic mass is 16.5. The summed E-state index contributed by atoms with van der Waals surface area (Å²) < 4.78 is 10.6. The van der Waals surface area contributed by atoms with Gasteiger partial charge in [0, 0.05) is 22.5 Å². The molecule has 1 N–H and O–H groups in total. The van der Waals surface area contributed by atoms with Gasteiger partial charge in [-0.3, -0.25) is 4.79 Å². The first kappa shape index (κ1) is 14.1. The van der Waals surface area contributed by atoms with Crippen molar-refractivity contribution < 1.29 is 13.9 Å². The minimum Gasteiger partial charge on any atom is -0.485 e. The highest BCUT2D eigenvalue weighted by Gasteiger charge is 2.12. The third-order valence-electron chi connectivity index (χ3n) is 3.28. The SMILES string of the molecule is Cc1cc(C(=O)COc2ccc(-c3nnco3)cc2)c(C)[nH]1. The van der Waals surface area contributed by atoms with Crippen LogP contribution in [0.4, 0.5) is 0 Å². The van der Waals surface area contributed by atoms with Crippen LogP contribution in [0, 0.1) is 13.8 Å². The molecule has 0 fully saturated rings. The lowest BCUT2D eigenvalue weighted by molar-refractivity contribution is 0.0921. The summed E-state index contributed by atoms with van der Waals surface area (Å²) in [6.45, 7) is 3.79. The van der Waals surface area contributed by atoms with Gasteiger partial charge < -0.3 is 14.1 Å². The van der Waals surface area contributed by atoms with Gasteiger partial charge in [-0.05, 0) is 44.2 Å². The summed E-state index contributed by atoms with van der Waals surface area (Å²) in [5, 5.41) is 7.46. The Morgan fingerprint density at radius 2 is 2.05 bits per heavy atom. The molecule has 2 aromatic heterocycles. The lowest BCUT2D eigenvalue weighted by atomic mass is 10.1. The van der Waals surface area contributed by atoms with Crippen LogP contribution >= 0.6 is 0 Å². The molecule has 0 bridgehead atoms. The highest BCUT2D eigenvalue weighted by molar-refractivity contribution is 5.98. The van der Waals surface area contributed by atoms with Gasteiger partial charge in [0.25, 0.3) is 0 Å². The molecule has 0 unspecified atom stereocenters. The second-order valence-electron chi connectivity index (χ2n) is 4.97. The van der Waals surface area contributed by atoms with E-state index in [4.69, 9.17) is 9.15 Å². The number of H-pyrrole nitrogens is 1. The zero-order valence-corrected chi connectivity index (χ0v) is 12.3. The Bertz CT molecular complexity index is 774. The molecule has 0 saturated heterocycles. The number of carbonyl (C=O) groups excluding carboxylic acids is 1. The molecule has 1 aromatic carbocycles. The van der Waals surface area contributed by atoms with Gasteiger partial charge in [-0.15, -0.1) is 10.2 Å². The predicted octanol–water partition coefficient (Wildman–Crippen LogP) is 2.94. The number of hydrogen-bond donors (Lipinski definition) is 1. The van der Waals surface area contributed by atoms with E-state index in [2.05, 4.69) is 15.2 Å². The second kappa shape index (κ2) is 5.85. The molecule has 6 heteroatoms. The van der Waals surface area contributed by atoms with Crippen molar-refractivity contribution in [2.24, 2.45) is 0 Å². The van der Waals surface area contributed by atoms with Crippen molar-refractivity contribution in [3.63, 3.8) is 0 Å². The Kier molecular flexibility index (Phi) is 3.74. The van der Waals surface area contributed by atoms with Crippen molar-refractivity contribution in [2.45, 2.75) is 13.8 Å².